The highest BCUT2D eigenvalue weighted by Gasteiger charge is 2.10. The number of halogens is 1. The van der Waals surface area contributed by atoms with Crippen LogP contribution in [0.2, 0.25) is 0 Å². The van der Waals surface area contributed by atoms with Crippen LogP contribution in [0.4, 0.5) is 10.2 Å². The Balaban J connectivity index is 2.77. The number of aromatic amines is 1. The van der Waals surface area contributed by atoms with Crippen LogP contribution in [0.25, 0.3) is 0 Å². The van der Waals surface area contributed by atoms with E-state index < -0.39 is 11.5 Å². The van der Waals surface area contributed by atoms with Gasteiger partial charge in [-0.3, -0.25) is 4.98 Å². The first kappa shape index (κ1) is 10.6. The van der Waals surface area contributed by atoms with Gasteiger partial charge in [-0.15, -0.1) is 0 Å². The Kier molecular flexibility index (Phi) is 2.85. The summed E-state index contributed by atoms with van der Waals surface area (Å²) < 4.78 is 13.0. The number of anilines is 1. The highest BCUT2D eigenvalue weighted by Crippen LogP contribution is 2.05. The number of hydrazine groups is 1. The van der Waals surface area contributed by atoms with Gasteiger partial charge in [0.05, 0.1) is 6.20 Å². The molecule has 1 rings (SSSR count). The number of aromatic nitrogens is 2. The Morgan fingerprint density at radius 3 is 2.71 bits per heavy atom. The van der Waals surface area contributed by atoms with Gasteiger partial charge in [-0.25, -0.2) is 14.6 Å². The normalized spacial score (nSPS) is 11.4. The number of nitrogens with zero attached hydrogens (tertiary/aromatic N) is 1. The van der Waals surface area contributed by atoms with E-state index in [1.807, 2.05) is 20.8 Å². The fourth-order valence-electron chi connectivity index (χ4n) is 0.720. The van der Waals surface area contributed by atoms with Gasteiger partial charge >= 0.3 is 5.69 Å². The molecule has 14 heavy (non-hydrogen) atoms. The van der Waals surface area contributed by atoms with E-state index in [2.05, 4.69) is 20.8 Å². The van der Waals surface area contributed by atoms with Crippen molar-refractivity contribution in [2.75, 3.05) is 5.43 Å². The van der Waals surface area contributed by atoms with E-state index >= 15 is 0 Å². The molecule has 0 bridgehead atoms. The zero-order valence-electron chi connectivity index (χ0n) is 8.31. The van der Waals surface area contributed by atoms with Gasteiger partial charge in [-0.2, -0.15) is 4.98 Å². The third kappa shape index (κ3) is 3.14. The minimum absolute atomic E-state index is 0.0140. The van der Waals surface area contributed by atoms with E-state index in [0.29, 0.717) is 0 Å². The molecule has 0 spiro atoms. The second-order valence-electron chi connectivity index (χ2n) is 3.91. The summed E-state index contributed by atoms with van der Waals surface area (Å²) in [4.78, 5) is 16.2. The molecule has 0 fully saturated rings. The molecule has 0 amide bonds. The average Bonchev–Trinajstić information content (AvgIpc) is 2.05. The SMILES string of the molecule is CC(C)(C)NNc1[nH]c(=O)ncc1F. The number of hydrogen-bond acceptors (Lipinski definition) is 4. The van der Waals surface area contributed by atoms with Crippen LogP contribution in [0, 0.1) is 5.82 Å². The monoisotopic (exact) mass is 200 g/mol. The van der Waals surface area contributed by atoms with E-state index in [4.69, 9.17) is 0 Å². The first-order chi connectivity index (χ1) is 6.38. The molecule has 0 unspecified atom stereocenters. The molecular formula is C8H13FN4O. The van der Waals surface area contributed by atoms with Crippen LogP contribution >= 0.6 is 0 Å². The third-order valence-corrected chi connectivity index (χ3v) is 1.33. The highest BCUT2D eigenvalue weighted by atomic mass is 19.1. The second kappa shape index (κ2) is 3.75. The molecular weight excluding hydrogens is 187 g/mol. The van der Waals surface area contributed by atoms with Gasteiger partial charge in [-0.05, 0) is 20.8 Å². The first-order valence-electron chi connectivity index (χ1n) is 4.16. The fourth-order valence-corrected chi connectivity index (χ4v) is 0.720. The molecule has 0 aliphatic rings. The minimum Gasteiger partial charge on any atom is -0.304 e. The Labute approximate surface area is 80.7 Å². The standard InChI is InChI=1S/C8H13FN4O/c1-8(2,3)13-12-6-5(9)4-10-7(14)11-6/h4,13H,1-3H3,(H2,10,11,12,14). The summed E-state index contributed by atoms with van der Waals surface area (Å²) >= 11 is 0. The topological polar surface area (TPSA) is 69.8 Å². The summed E-state index contributed by atoms with van der Waals surface area (Å²) in [7, 11) is 0. The third-order valence-electron chi connectivity index (χ3n) is 1.33. The van der Waals surface area contributed by atoms with Gasteiger partial charge in [-0.1, -0.05) is 0 Å². The van der Waals surface area contributed by atoms with Gasteiger partial charge in [0.15, 0.2) is 11.6 Å². The van der Waals surface area contributed by atoms with Crippen molar-refractivity contribution in [2.24, 2.45) is 0 Å². The number of hydrogen-bond donors (Lipinski definition) is 3. The molecule has 0 aliphatic carbocycles. The maximum Gasteiger partial charge on any atom is 0.346 e. The van der Waals surface area contributed by atoms with Gasteiger partial charge in [0, 0.05) is 5.54 Å². The number of nitrogens with one attached hydrogen (secondary N) is 3. The molecule has 1 aromatic rings. The van der Waals surface area contributed by atoms with Crippen molar-refractivity contribution in [2.45, 2.75) is 26.3 Å². The lowest BCUT2D eigenvalue weighted by Gasteiger charge is -2.21. The number of rotatable bonds is 2. The summed E-state index contributed by atoms with van der Waals surface area (Å²) in [6.45, 7) is 5.70. The zero-order valence-corrected chi connectivity index (χ0v) is 8.31. The van der Waals surface area contributed by atoms with E-state index in [1.54, 1.807) is 0 Å². The summed E-state index contributed by atoms with van der Waals surface area (Å²) in [6.07, 6.45) is 0.867. The van der Waals surface area contributed by atoms with Crippen LogP contribution in [-0.4, -0.2) is 15.5 Å². The summed E-state index contributed by atoms with van der Waals surface area (Å²) in [6, 6.07) is 0. The van der Waals surface area contributed by atoms with E-state index in [1.165, 1.54) is 0 Å². The van der Waals surface area contributed by atoms with Crippen molar-refractivity contribution in [3.63, 3.8) is 0 Å². The van der Waals surface area contributed by atoms with Crippen LogP contribution in [0.1, 0.15) is 20.8 Å². The van der Waals surface area contributed by atoms with Gasteiger partial charge in [0.1, 0.15) is 0 Å². The van der Waals surface area contributed by atoms with Crippen LogP contribution < -0.4 is 16.5 Å². The molecule has 0 radical (unpaired) electrons. The molecule has 0 saturated carbocycles. The van der Waals surface area contributed by atoms with Gasteiger partial charge in [0.25, 0.3) is 0 Å². The Morgan fingerprint density at radius 2 is 2.14 bits per heavy atom. The summed E-state index contributed by atoms with van der Waals surface area (Å²) in [5.41, 5.74) is 4.57. The lowest BCUT2D eigenvalue weighted by Crippen LogP contribution is -2.41. The van der Waals surface area contributed by atoms with Gasteiger partial charge < -0.3 is 5.43 Å². The van der Waals surface area contributed by atoms with Crippen LogP contribution in [0.3, 0.4) is 0 Å². The van der Waals surface area contributed by atoms with Crippen LogP contribution in [-0.2, 0) is 0 Å². The number of H-pyrrole nitrogens is 1. The van der Waals surface area contributed by atoms with Crippen molar-refractivity contribution in [1.82, 2.24) is 15.4 Å². The van der Waals surface area contributed by atoms with Crippen LogP contribution in [0.15, 0.2) is 11.0 Å². The maximum atomic E-state index is 13.0. The molecule has 78 valence electrons. The highest BCUT2D eigenvalue weighted by molar-refractivity contribution is 5.32. The minimum atomic E-state index is -0.610. The van der Waals surface area contributed by atoms with E-state index in [-0.39, 0.29) is 11.4 Å². The second-order valence-corrected chi connectivity index (χ2v) is 3.91. The van der Waals surface area contributed by atoms with E-state index in [9.17, 15) is 9.18 Å². The first-order valence-corrected chi connectivity index (χ1v) is 4.16. The molecule has 0 aromatic carbocycles. The smallest absolute Gasteiger partial charge is 0.304 e. The van der Waals surface area contributed by atoms with Crippen molar-refractivity contribution in [3.8, 4) is 0 Å². The predicted molar refractivity (Wildman–Crippen MR) is 51.3 cm³/mol. The Bertz CT molecular complexity index is 368. The summed E-state index contributed by atoms with van der Waals surface area (Å²) in [5, 5.41) is 0. The molecule has 0 saturated heterocycles. The maximum absolute atomic E-state index is 13.0. The molecule has 0 aliphatic heterocycles. The van der Waals surface area contributed by atoms with Gasteiger partial charge in [0.2, 0.25) is 0 Å². The molecule has 1 aromatic heterocycles. The predicted octanol–water partition coefficient (Wildman–Crippen LogP) is 0.624. The summed E-state index contributed by atoms with van der Waals surface area (Å²) in [5.74, 6) is -0.624. The van der Waals surface area contributed by atoms with Crippen molar-refractivity contribution >= 4 is 5.82 Å². The average molecular weight is 200 g/mol. The molecule has 5 nitrogen and oxygen atoms in total. The Morgan fingerprint density at radius 1 is 1.50 bits per heavy atom. The zero-order chi connectivity index (χ0) is 10.8. The molecule has 1 heterocycles. The van der Waals surface area contributed by atoms with Crippen molar-refractivity contribution in [3.05, 3.63) is 22.5 Å². The van der Waals surface area contributed by atoms with Crippen molar-refractivity contribution < 1.29 is 4.39 Å². The Hall–Kier alpha value is -1.43. The molecule has 3 N–H and O–H groups in total. The van der Waals surface area contributed by atoms with Crippen molar-refractivity contribution in [1.29, 1.82) is 0 Å². The van der Waals surface area contributed by atoms with E-state index in [0.717, 1.165) is 6.20 Å². The fraction of sp³-hybridized carbons (Fsp3) is 0.500. The lowest BCUT2D eigenvalue weighted by atomic mass is 10.1. The molecule has 0 atom stereocenters. The lowest BCUT2D eigenvalue weighted by molar-refractivity contribution is 0.461. The molecule has 6 heteroatoms. The quantitative estimate of drug-likeness (QED) is 0.612. The van der Waals surface area contributed by atoms with Crippen LogP contribution in [0.5, 0.6) is 0 Å². The largest absolute Gasteiger partial charge is 0.346 e.